The van der Waals surface area contributed by atoms with Crippen molar-refractivity contribution in [1.82, 2.24) is 19.9 Å². The zero-order valence-electron chi connectivity index (χ0n) is 12.6. The SMILES string of the molecule is [Cl-].[Cl-].[Pt+2].c1ccc2nc3c4cccnc4c4ncccc4c3nc2c1. The second kappa shape index (κ2) is 7.57. The van der Waals surface area contributed by atoms with Crippen molar-refractivity contribution < 1.29 is 45.9 Å². The Hall–Kier alpha value is -1.87. The maximum absolute atomic E-state index is 4.83. The minimum absolute atomic E-state index is 0. The molecule has 5 aromatic rings. The molecule has 0 saturated heterocycles. The summed E-state index contributed by atoms with van der Waals surface area (Å²) in [5.41, 5.74) is 5.28. The van der Waals surface area contributed by atoms with Crippen LogP contribution in [0.2, 0.25) is 0 Å². The van der Waals surface area contributed by atoms with Gasteiger partial charge < -0.3 is 24.8 Å². The van der Waals surface area contributed by atoms with Crippen molar-refractivity contribution in [1.29, 1.82) is 0 Å². The van der Waals surface area contributed by atoms with Gasteiger partial charge in [0.15, 0.2) is 0 Å². The van der Waals surface area contributed by atoms with Crippen LogP contribution in [0.1, 0.15) is 0 Å². The molecule has 0 atom stereocenters. The third-order valence-corrected chi connectivity index (χ3v) is 3.92. The second-order valence-electron chi connectivity index (χ2n) is 5.21. The van der Waals surface area contributed by atoms with E-state index in [0.717, 1.165) is 43.9 Å². The van der Waals surface area contributed by atoms with Crippen molar-refractivity contribution in [3.63, 3.8) is 0 Å². The molecule has 0 bridgehead atoms. The minimum Gasteiger partial charge on any atom is -1.00 e. The van der Waals surface area contributed by atoms with Gasteiger partial charge in [0.25, 0.3) is 0 Å². The van der Waals surface area contributed by atoms with Gasteiger partial charge in [-0.2, -0.15) is 0 Å². The Morgan fingerprint density at radius 3 is 1.40 bits per heavy atom. The van der Waals surface area contributed by atoms with Gasteiger partial charge in [0.1, 0.15) is 0 Å². The van der Waals surface area contributed by atoms with Crippen molar-refractivity contribution in [2.75, 3.05) is 0 Å². The molecular formula is C18H10Cl2N4Pt. The smallest absolute Gasteiger partial charge is 1.00 e. The molecule has 0 aliphatic heterocycles. The molecule has 0 fully saturated rings. The van der Waals surface area contributed by atoms with Crippen LogP contribution in [-0.2, 0) is 21.1 Å². The molecule has 2 aromatic carbocycles. The van der Waals surface area contributed by atoms with Crippen molar-refractivity contribution >= 4 is 43.9 Å². The summed E-state index contributed by atoms with van der Waals surface area (Å²) in [6.45, 7) is 0. The topological polar surface area (TPSA) is 51.6 Å². The van der Waals surface area contributed by atoms with Crippen LogP contribution >= 0.6 is 0 Å². The van der Waals surface area contributed by atoms with E-state index < -0.39 is 0 Å². The molecule has 0 saturated carbocycles. The van der Waals surface area contributed by atoms with Gasteiger partial charge in [-0.05, 0) is 36.4 Å². The molecule has 4 nitrogen and oxygen atoms in total. The van der Waals surface area contributed by atoms with E-state index in [-0.39, 0.29) is 45.9 Å². The van der Waals surface area contributed by atoms with Gasteiger partial charge in [-0.15, -0.1) is 0 Å². The number of halogens is 2. The monoisotopic (exact) mass is 547 g/mol. The molecule has 3 aromatic heterocycles. The van der Waals surface area contributed by atoms with Gasteiger partial charge in [-0.3, -0.25) is 9.97 Å². The Bertz CT molecular complexity index is 1100. The van der Waals surface area contributed by atoms with E-state index >= 15 is 0 Å². The zero-order valence-corrected chi connectivity index (χ0v) is 16.4. The molecule has 7 heteroatoms. The molecule has 0 unspecified atom stereocenters. The molecule has 126 valence electrons. The van der Waals surface area contributed by atoms with E-state index in [0.29, 0.717) is 0 Å². The van der Waals surface area contributed by atoms with Crippen molar-refractivity contribution in [3.05, 3.63) is 60.9 Å². The number of fused-ring (bicyclic) bond motifs is 7. The van der Waals surface area contributed by atoms with E-state index in [9.17, 15) is 0 Å². The van der Waals surface area contributed by atoms with Gasteiger partial charge in [0, 0.05) is 23.2 Å². The fourth-order valence-electron chi connectivity index (χ4n) is 2.95. The van der Waals surface area contributed by atoms with E-state index in [1.54, 1.807) is 12.4 Å². The summed E-state index contributed by atoms with van der Waals surface area (Å²) in [5.74, 6) is 0. The Balaban J connectivity index is 0.000000751. The van der Waals surface area contributed by atoms with E-state index in [1.807, 2.05) is 48.5 Å². The fraction of sp³-hybridized carbons (Fsp3) is 0. The number of hydrogen-bond donors (Lipinski definition) is 0. The molecule has 0 amide bonds. The number of aromatic nitrogens is 4. The summed E-state index contributed by atoms with van der Waals surface area (Å²) < 4.78 is 0. The Labute approximate surface area is 170 Å². The fourth-order valence-corrected chi connectivity index (χ4v) is 2.95. The van der Waals surface area contributed by atoms with Gasteiger partial charge >= 0.3 is 21.1 Å². The van der Waals surface area contributed by atoms with Gasteiger partial charge in [-0.25, -0.2) is 9.97 Å². The number of nitrogens with zero attached hydrogens (tertiary/aromatic N) is 4. The standard InChI is InChI=1S/C18H10N4.2ClH.Pt/c1-2-8-14-13(7-1)21-17-11-5-3-9-19-15(11)16-12(18(17)22-14)6-4-10-20-16;;;/h1-10H;2*1H;/q;;;+2/p-2. The third kappa shape index (κ3) is 2.95. The van der Waals surface area contributed by atoms with Gasteiger partial charge in [-0.1, -0.05) is 12.1 Å². The summed E-state index contributed by atoms with van der Waals surface area (Å²) >= 11 is 0. The predicted molar refractivity (Wildman–Crippen MR) is 87.6 cm³/mol. The Morgan fingerprint density at radius 1 is 0.520 bits per heavy atom. The molecule has 3 heterocycles. The zero-order chi connectivity index (χ0) is 14.5. The number of rotatable bonds is 0. The van der Waals surface area contributed by atoms with E-state index in [1.165, 1.54) is 0 Å². The molecular weight excluding hydrogens is 538 g/mol. The quantitative estimate of drug-likeness (QED) is 0.164. The van der Waals surface area contributed by atoms with E-state index in [4.69, 9.17) is 9.97 Å². The molecule has 0 N–H and O–H groups in total. The first-order valence-corrected chi connectivity index (χ1v) is 7.10. The van der Waals surface area contributed by atoms with Crippen LogP contribution in [0, 0.1) is 0 Å². The molecule has 25 heavy (non-hydrogen) atoms. The largest absolute Gasteiger partial charge is 2.00 e. The first kappa shape index (κ1) is 19.5. The van der Waals surface area contributed by atoms with Crippen molar-refractivity contribution in [2.24, 2.45) is 0 Å². The average molecular weight is 548 g/mol. The maximum atomic E-state index is 4.83. The predicted octanol–water partition coefficient (Wildman–Crippen LogP) is -2.12. The summed E-state index contributed by atoms with van der Waals surface area (Å²) in [6.07, 6.45) is 3.58. The van der Waals surface area contributed by atoms with Crippen molar-refractivity contribution in [3.8, 4) is 0 Å². The van der Waals surface area contributed by atoms with Crippen LogP contribution < -0.4 is 24.8 Å². The van der Waals surface area contributed by atoms with Crippen molar-refractivity contribution in [2.45, 2.75) is 0 Å². The van der Waals surface area contributed by atoms with Gasteiger partial charge in [0.05, 0.1) is 33.1 Å². The summed E-state index contributed by atoms with van der Waals surface area (Å²) in [5, 5.41) is 1.98. The molecule has 0 aliphatic carbocycles. The first-order valence-electron chi connectivity index (χ1n) is 7.10. The number of para-hydroxylation sites is 2. The van der Waals surface area contributed by atoms with Crippen LogP contribution in [0.4, 0.5) is 0 Å². The van der Waals surface area contributed by atoms with Crippen LogP contribution in [-0.4, -0.2) is 19.9 Å². The Kier molecular flexibility index (Phi) is 5.89. The van der Waals surface area contributed by atoms with E-state index in [2.05, 4.69) is 9.97 Å². The molecule has 0 aliphatic rings. The van der Waals surface area contributed by atoms with Gasteiger partial charge in [0.2, 0.25) is 0 Å². The molecule has 0 radical (unpaired) electrons. The normalized spacial score (nSPS) is 10.2. The number of pyridine rings is 2. The van der Waals surface area contributed by atoms with Crippen LogP contribution in [0.25, 0.3) is 43.9 Å². The number of benzene rings is 2. The molecule has 0 spiro atoms. The second-order valence-corrected chi connectivity index (χ2v) is 5.21. The summed E-state index contributed by atoms with van der Waals surface area (Å²) in [7, 11) is 0. The van der Waals surface area contributed by atoms with Crippen LogP contribution in [0.15, 0.2) is 60.9 Å². The third-order valence-electron chi connectivity index (χ3n) is 3.92. The minimum atomic E-state index is 0. The summed E-state index contributed by atoms with van der Waals surface area (Å²) in [6, 6.07) is 15.8. The summed E-state index contributed by atoms with van der Waals surface area (Å²) in [4.78, 5) is 18.7. The van der Waals surface area contributed by atoms with Crippen LogP contribution in [0.3, 0.4) is 0 Å². The molecule has 5 rings (SSSR count). The Morgan fingerprint density at radius 2 is 0.960 bits per heavy atom. The number of hydrogen-bond acceptors (Lipinski definition) is 4. The first-order chi connectivity index (χ1) is 10.9. The van der Waals surface area contributed by atoms with Crippen LogP contribution in [0.5, 0.6) is 0 Å². The maximum Gasteiger partial charge on any atom is 2.00 e. The average Bonchev–Trinajstić information content (AvgIpc) is 2.61.